The van der Waals surface area contributed by atoms with Crippen LogP contribution in [-0.2, 0) is 16.1 Å². The molecule has 2 aliphatic rings. The summed E-state index contributed by atoms with van der Waals surface area (Å²) in [5.74, 6) is 0.976. The van der Waals surface area contributed by atoms with Crippen molar-refractivity contribution in [3.05, 3.63) is 71.3 Å². The molecule has 1 saturated carbocycles. The number of likely N-dealkylation sites (tertiary alicyclic amines) is 1. The minimum atomic E-state index is -0.330. The fraction of sp³-hybridized carbons (Fsp3) is 0.440. The fourth-order valence-corrected chi connectivity index (χ4v) is 4.41. The first-order valence-corrected chi connectivity index (χ1v) is 10.8. The molecule has 4 rings (SSSR count). The monoisotopic (exact) mass is 390 g/mol. The van der Waals surface area contributed by atoms with Crippen LogP contribution in [0.5, 0.6) is 0 Å². The summed E-state index contributed by atoms with van der Waals surface area (Å²) in [4.78, 5) is 27.8. The maximum Gasteiger partial charge on any atom is 0.243 e. The Morgan fingerprint density at radius 2 is 1.76 bits per heavy atom. The van der Waals surface area contributed by atoms with Gasteiger partial charge in [0.2, 0.25) is 11.8 Å². The van der Waals surface area contributed by atoms with Gasteiger partial charge in [-0.05, 0) is 55.6 Å². The van der Waals surface area contributed by atoms with E-state index in [1.54, 1.807) is 0 Å². The third-order valence-electron chi connectivity index (χ3n) is 6.28. The van der Waals surface area contributed by atoms with Crippen molar-refractivity contribution in [1.29, 1.82) is 0 Å². The Morgan fingerprint density at radius 3 is 2.45 bits per heavy atom. The van der Waals surface area contributed by atoms with E-state index in [2.05, 4.69) is 36.5 Å². The molecule has 2 aromatic rings. The molecular weight excluding hydrogens is 360 g/mol. The average molecular weight is 391 g/mol. The summed E-state index contributed by atoms with van der Waals surface area (Å²) in [7, 11) is 0. The number of amides is 2. The van der Waals surface area contributed by atoms with Crippen molar-refractivity contribution in [3.8, 4) is 0 Å². The van der Waals surface area contributed by atoms with Crippen molar-refractivity contribution in [3.63, 3.8) is 0 Å². The molecular formula is C25H30N2O2. The second kappa shape index (κ2) is 8.81. The maximum absolute atomic E-state index is 13.2. The van der Waals surface area contributed by atoms with Gasteiger partial charge in [0, 0.05) is 19.5 Å². The number of carbonyl (C=O) groups is 2. The molecule has 1 aliphatic heterocycles. The first-order chi connectivity index (χ1) is 14.1. The van der Waals surface area contributed by atoms with Crippen LogP contribution in [-0.4, -0.2) is 29.3 Å². The van der Waals surface area contributed by atoms with Crippen molar-refractivity contribution in [1.82, 2.24) is 10.2 Å². The van der Waals surface area contributed by atoms with Crippen LogP contribution in [0.3, 0.4) is 0 Å². The normalized spacial score (nSPS) is 19.8. The van der Waals surface area contributed by atoms with E-state index >= 15 is 0 Å². The summed E-state index contributed by atoms with van der Waals surface area (Å²) >= 11 is 0. The molecule has 1 unspecified atom stereocenters. The van der Waals surface area contributed by atoms with Crippen LogP contribution < -0.4 is 5.32 Å². The maximum atomic E-state index is 13.2. The van der Waals surface area contributed by atoms with Gasteiger partial charge in [-0.2, -0.15) is 0 Å². The zero-order valence-corrected chi connectivity index (χ0v) is 17.1. The third-order valence-corrected chi connectivity index (χ3v) is 6.28. The van der Waals surface area contributed by atoms with E-state index in [1.807, 2.05) is 35.2 Å². The van der Waals surface area contributed by atoms with Gasteiger partial charge in [-0.3, -0.25) is 9.59 Å². The van der Waals surface area contributed by atoms with Crippen molar-refractivity contribution in [2.75, 3.05) is 6.54 Å². The number of carbonyl (C=O) groups excluding carboxylic acids is 2. The van der Waals surface area contributed by atoms with Crippen LogP contribution in [0.15, 0.2) is 54.6 Å². The zero-order chi connectivity index (χ0) is 20.2. The van der Waals surface area contributed by atoms with E-state index in [4.69, 9.17) is 0 Å². The van der Waals surface area contributed by atoms with Crippen molar-refractivity contribution >= 4 is 11.8 Å². The number of benzene rings is 2. The van der Waals surface area contributed by atoms with Gasteiger partial charge >= 0.3 is 0 Å². The molecule has 0 aromatic heterocycles. The number of aryl methyl sites for hydroxylation is 1. The molecule has 0 bridgehead atoms. The summed E-state index contributed by atoms with van der Waals surface area (Å²) in [5, 5.41) is 3.02. The molecule has 1 heterocycles. The van der Waals surface area contributed by atoms with Gasteiger partial charge in [-0.1, -0.05) is 60.2 Å². The van der Waals surface area contributed by atoms with Crippen LogP contribution in [0.1, 0.15) is 54.7 Å². The second-order valence-electron chi connectivity index (χ2n) is 8.51. The highest BCUT2D eigenvalue weighted by Gasteiger charge is 2.38. The molecule has 2 fully saturated rings. The van der Waals surface area contributed by atoms with Crippen molar-refractivity contribution < 1.29 is 9.59 Å². The summed E-state index contributed by atoms with van der Waals surface area (Å²) < 4.78 is 0. The molecule has 1 N–H and O–H groups in total. The predicted molar refractivity (Wildman–Crippen MR) is 114 cm³/mol. The Morgan fingerprint density at radius 1 is 1.03 bits per heavy atom. The number of nitrogens with one attached hydrogen (secondary N) is 1. The van der Waals surface area contributed by atoms with E-state index < -0.39 is 0 Å². The molecule has 0 radical (unpaired) electrons. The lowest BCUT2D eigenvalue weighted by molar-refractivity contribution is -0.138. The topological polar surface area (TPSA) is 49.4 Å². The van der Waals surface area contributed by atoms with Crippen LogP contribution in [0, 0.1) is 12.8 Å². The van der Waals surface area contributed by atoms with Gasteiger partial charge in [-0.15, -0.1) is 0 Å². The van der Waals surface area contributed by atoms with Crippen LogP contribution in [0.2, 0.25) is 0 Å². The molecule has 2 atom stereocenters. The van der Waals surface area contributed by atoms with Crippen LogP contribution in [0.25, 0.3) is 0 Å². The highest BCUT2D eigenvalue weighted by molar-refractivity contribution is 5.88. The van der Waals surface area contributed by atoms with Gasteiger partial charge in [-0.25, -0.2) is 0 Å². The first kappa shape index (κ1) is 19.7. The molecule has 4 nitrogen and oxygen atoms in total. The average Bonchev–Trinajstić information content (AvgIpc) is 3.46. The Balaban J connectivity index is 1.38. The first-order valence-electron chi connectivity index (χ1n) is 10.8. The summed E-state index contributed by atoms with van der Waals surface area (Å²) in [6.45, 7) is 3.28. The largest absolute Gasteiger partial charge is 0.350 e. The Kier molecular flexibility index (Phi) is 5.98. The van der Waals surface area contributed by atoms with Gasteiger partial charge in [0.05, 0.1) is 0 Å². The SMILES string of the molecule is Cc1ccc(C(CC(=O)N2CCC[C@H]2C(=O)NCc2ccccc2)C2CC2)cc1. The minimum Gasteiger partial charge on any atom is -0.350 e. The van der Waals surface area contributed by atoms with E-state index in [0.717, 1.165) is 18.4 Å². The Bertz CT molecular complexity index is 843. The standard InChI is InChI=1S/C25H30N2O2/c1-18-9-11-20(12-10-18)22(21-13-14-21)16-24(28)27-15-5-8-23(27)25(29)26-17-19-6-3-2-4-7-19/h2-4,6-7,9-12,21-23H,5,8,13-17H2,1H3,(H,26,29)/t22?,23-/m0/s1. The second-order valence-corrected chi connectivity index (χ2v) is 8.51. The van der Waals surface area contributed by atoms with Gasteiger partial charge in [0.15, 0.2) is 0 Å². The highest BCUT2D eigenvalue weighted by atomic mass is 16.2. The smallest absolute Gasteiger partial charge is 0.243 e. The summed E-state index contributed by atoms with van der Waals surface area (Å²) in [5.41, 5.74) is 3.57. The Labute approximate surface area is 173 Å². The van der Waals surface area contributed by atoms with Crippen LogP contribution in [0.4, 0.5) is 0 Å². The molecule has 1 aliphatic carbocycles. The van der Waals surface area contributed by atoms with E-state index in [9.17, 15) is 9.59 Å². The van der Waals surface area contributed by atoms with Crippen molar-refractivity contribution in [2.24, 2.45) is 5.92 Å². The van der Waals surface area contributed by atoms with Gasteiger partial charge in [0.25, 0.3) is 0 Å². The Hall–Kier alpha value is -2.62. The lowest BCUT2D eigenvalue weighted by Crippen LogP contribution is -2.46. The minimum absolute atomic E-state index is 0.0296. The quantitative estimate of drug-likeness (QED) is 0.771. The predicted octanol–water partition coefficient (Wildman–Crippen LogP) is 4.19. The summed E-state index contributed by atoms with van der Waals surface area (Å²) in [6.07, 6.45) is 4.56. The molecule has 152 valence electrons. The van der Waals surface area contributed by atoms with Crippen LogP contribution >= 0.6 is 0 Å². The number of rotatable bonds is 7. The molecule has 29 heavy (non-hydrogen) atoms. The molecule has 1 saturated heterocycles. The highest BCUT2D eigenvalue weighted by Crippen LogP contribution is 2.45. The molecule has 2 aromatic carbocycles. The summed E-state index contributed by atoms with van der Waals surface area (Å²) in [6, 6.07) is 18.2. The number of nitrogens with zero attached hydrogens (tertiary/aromatic N) is 1. The zero-order valence-electron chi connectivity index (χ0n) is 17.1. The molecule has 2 amide bonds. The number of hydrogen-bond acceptors (Lipinski definition) is 2. The van der Waals surface area contributed by atoms with E-state index in [0.29, 0.717) is 25.4 Å². The van der Waals surface area contributed by atoms with Crippen molar-refractivity contribution in [2.45, 2.75) is 57.5 Å². The number of hydrogen-bond donors (Lipinski definition) is 1. The lowest BCUT2D eigenvalue weighted by Gasteiger charge is -2.26. The van der Waals surface area contributed by atoms with Gasteiger partial charge < -0.3 is 10.2 Å². The van der Waals surface area contributed by atoms with E-state index in [1.165, 1.54) is 24.0 Å². The lowest BCUT2D eigenvalue weighted by atomic mass is 9.90. The molecule has 4 heteroatoms. The molecule has 0 spiro atoms. The fourth-order valence-electron chi connectivity index (χ4n) is 4.41. The third kappa shape index (κ3) is 4.87. The van der Waals surface area contributed by atoms with Gasteiger partial charge in [0.1, 0.15) is 6.04 Å². The van der Waals surface area contributed by atoms with E-state index in [-0.39, 0.29) is 23.8 Å².